The van der Waals surface area contributed by atoms with Crippen molar-refractivity contribution < 1.29 is 5.11 Å². The second-order valence-electron chi connectivity index (χ2n) is 5.06. The van der Waals surface area contributed by atoms with Gasteiger partial charge >= 0.3 is 0 Å². The van der Waals surface area contributed by atoms with Gasteiger partial charge in [0.05, 0.1) is 6.10 Å². The monoisotopic (exact) mass is 219 g/mol. The molecule has 1 fully saturated rings. The van der Waals surface area contributed by atoms with Crippen molar-refractivity contribution in [3.05, 3.63) is 35.4 Å². The molecule has 0 aromatic heterocycles. The summed E-state index contributed by atoms with van der Waals surface area (Å²) in [5, 5.41) is 9.84. The van der Waals surface area contributed by atoms with Crippen LogP contribution in [0.1, 0.15) is 24.5 Å². The van der Waals surface area contributed by atoms with E-state index in [2.05, 4.69) is 43.0 Å². The summed E-state index contributed by atoms with van der Waals surface area (Å²) in [4.78, 5) is 2.35. The van der Waals surface area contributed by atoms with Gasteiger partial charge in [0.2, 0.25) is 0 Å². The van der Waals surface area contributed by atoms with Crippen LogP contribution in [0.3, 0.4) is 0 Å². The largest absolute Gasteiger partial charge is 0.392 e. The number of hydrogen-bond donors (Lipinski definition) is 1. The van der Waals surface area contributed by atoms with Gasteiger partial charge in [-0.3, -0.25) is 4.90 Å². The Kier molecular flexibility index (Phi) is 3.62. The molecular weight excluding hydrogens is 198 g/mol. The highest BCUT2D eigenvalue weighted by Crippen LogP contribution is 2.19. The molecule has 0 aliphatic carbocycles. The molecule has 1 aromatic rings. The molecule has 0 bridgehead atoms. The number of hydrogen-bond acceptors (Lipinski definition) is 2. The Morgan fingerprint density at radius 1 is 1.44 bits per heavy atom. The number of benzene rings is 1. The van der Waals surface area contributed by atoms with Gasteiger partial charge in [-0.05, 0) is 31.4 Å². The Balaban J connectivity index is 1.95. The summed E-state index contributed by atoms with van der Waals surface area (Å²) < 4.78 is 0. The third-order valence-electron chi connectivity index (χ3n) is 3.49. The highest BCUT2D eigenvalue weighted by Gasteiger charge is 2.23. The lowest BCUT2D eigenvalue weighted by atomic mass is 9.95. The molecule has 1 heterocycles. The summed E-state index contributed by atoms with van der Waals surface area (Å²) in [5.74, 6) is 0.453. The minimum Gasteiger partial charge on any atom is -0.392 e. The van der Waals surface area contributed by atoms with Gasteiger partial charge in [-0.2, -0.15) is 0 Å². The normalized spacial score (nSPS) is 26.9. The van der Waals surface area contributed by atoms with Crippen LogP contribution in [0, 0.1) is 12.8 Å². The van der Waals surface area contributed by atoms with Crippen LogP contribution in [0.4, 0.5) is 0 Å². The van der Waals surface area contributed by atoms with Crippen LogP contribution < -0.4 is 0 Å². The van der Waals surface area contributed by atoms with Gasteiger partial charge in [0, 0.05) is 13.1 Å². The second-order valence-corrected chi connectivity index (χ2v) is 5.06. The summed E-state index contributed by atoms with van der Waals surface area (Å²) in [6.45, 7) is 7.14. The van der Waals surface area contributed by atoms with Crippen LogP contribution >= 0.6 is 0 Å². The van der Waals surface area contributed by atoms with Crippen LogP contribution in [-0.2, 0) is 6.54 Å². The van der Waals surface area contributed by atoms with Crippen LogP contribution in [0.15, 0.2) is 24.3 Å². The summed E-state index contributed by atoms with van der Waals surface area (Å²) in [7, 11) is 0. The lowest BCUT2D eigenvalue weighted by Crippen LogP contribution is -2.42. The zero-order chi connectivity index (χ0) is 11.5. The van der Waals surface area contributed by atoms with E-state index in [1.54, 1.807) is 0 Å². The Hall–Kier alpha value is -0.860. The van der Waals surface area contributed by atoms with Crippen molar-refractivity contribution in [3.63, 3.8) is 0 Å². The maximum Gasteiger partial charge on any atom is 0.0693 e. The average molecular weight is 219 g/mol. The molecule has 1 saturated heterocycles. The maximum absolute atomic E-state index is 9.84. The molecule has 16 heavy (non-hydrogen) atoms. The molecule has 1 aliphatic rings. The highest BCUT2D eigenvalue weighted by molar-refractivity contribution is 5.22. The number of aliphatic hydroxyl groups excluding tert-OH is 1. The fraction of sp³-hybridized carbons (Fsp3) is 0.571. The second kappa shape index (κ2) is 4.98. The number of aliphatic hydroxyl groups is 1. The van der Waals surface area contributed by atoms with Crippen molar-refractivity contribution in [3.8, 4) is 0 Å². The third-order valence-corrected chi connectivity index (χ3v) is 3.49. The van der Waals surface area contributed by atoms with E-state index in [0.717, 1.165) is 26.1 Å². The first-order valence-electron chi connectivity index (χ1n) is 6.11. The molecule has 0 saturated carbocycles. The standard InChI is InChI=1S/C14H21NO/c1-11-4-3-5-13(8-11)9-15-7-6-12(2)14(16)10-15/h3-5,8,12,14,16H,6-7,9-10H2,1-2H3. The smallest absolute Gasteiger partial charge is 0.0693 e. The van der Waals surface area contributed by atoms with E-state index in [1.165, 1.54) is 11.1 Å². The molecule has 2 rings (SSSR count). The van der Waals surface area contributed by atoms with E-state index in [-0.39, 0.29) is 6.10 Å². The number of likely N-dealkylation sites (tertiary alicyclic amines) is 1. The summed E-state index contributed by atoms with van der Waals surface area (Å²) in [5.41, 5.74) is 2.66. The molecule has 0 spiro atoms. The van der Waals surface area contributed by atoms with Gasteiger partial charge in [0.1, 0.15) is 0 Å². The first kappa shape index (κ1) is 11.6. The lowest BCUT2D eigenvalue weighted by molar-refractivity contribution is 0.0259. The SMILES string of the molecule is Cc1cccc(CN2CCC(C)C(O)C2)c1. The maximum atomic E-state index is 9.84. The Bertz CT molecular complexity index is 350. The predicted octanol–water partition coefficient (Wildman–Crippen LogP) is 2.20. The number of aryl methyl sites for hydroxylation is 1. The molecule has 0 radical (unpaired) electrons. The van der Waals surface area contributed by atoms with Crippen molar-refractivity contribution in [2.24, 2.45) is 5.92 Å². The van der Waals surface area contributed by atoms with Gasteiger partial charge < -0.3 is 5.11 Å². The molecule has 2 atom stereocenters. The minimum atomic E-state index is -0.154. The topological polar surface area (TPSA) is 23.5 Å². The van der Waals surface area contributed by atoms with Crippen molar-refractivity contribution in [2.75, 3.05) is 13.1 Å². The number of β-amino-alcohol motifs (C(OH)–C–C–N with tert-alkyl or cyclic N) is 1. The van der Waals surface area contributed by atoms with Crippen molar-refractivity contribution in [1.29, 1.82) is 0 Å². The Labute approximate surface area is 97.9 Å². The Morgan fingerprint density at radius 3 is 2.94 bits per heavy atom. The quantitative estimate of drug-likeness (QED) is 0.824. The zero-order valence-corrected chi connectivity index (χ0v) is 10.2. The fourth-order valence-corrected chi connectivity index (χ4v) is 2.33. The molecule has 1 N–H and O–H groups in total. The van der Waals surface area contributed by atoms with Gasteiger partial charge in [-0.25, -0.2) is 0 Å². The number of nitrogens with zero attached hydrogens (tertiary/aromatic N) is 1. The van der Waals surface area contributed by atoms with Crippen LogP contribution in [0.25, 0.3) is 0 Å². The van der Waals surface area contributed by atoms with Crippen molar-refractivity contribution in [2.45, 2.75) is 32.9 Å². The molecule has 0 amide bonds. The molecule has 1 aromatic carbocycles. The first-order chi connectivity index (χ1) is 7.65. The molecule has 2 heteroatoms. The van der Waals surface area contributed by atoms with Gasteiger partial charge in [-0.15, -0.1) is 0 Å². The van der Waals surface area contributed by atoms with E-state index in [9.17, 15) is 5.11 Å². The number of piperidine rings is 1. The molecule has 2 unspecified atom stereocenters. The Morgan fingerprint density at radius 2 is 2.25 bits per heavy atom. The molecule has 1 aliphatic heterocycles. The lowest BCUT2D eigenvalue weighted by Gasteiger charge is -2.34. The van der Waals surface area contributed by atoms with E-state index in [4.69, 9.17) is 0 Å². The third kappa shape index (κ3) is 2.83. The van der Waals surface area contributed by atoms with E-state index in [1.807, 2.05) is 0 Å². The summed E-state index contributed by atoms with van der Waals surface area (Å²) in [6.07, 6.45) is 0.950. The predicted molar refractivity (Wildman–Crippen MR) is 66.2 cm³/mol. The van der Waals surface area contributed by atoms with Crippen LogP contribution in [-0.4, -0.2) is 29.2 Å². The summed E-state index contributed by atoms with van der Waals surface area (Å²) in [6, 6.07) is 8.62. The highest BCUT2D eigenvalue weighted by atomic mass is 16.3. The first-order valence-corrected chi connectivity index (χ1v) is 6.11. The van der Waals surface area contributed by atoms with Gasteiger partial charge in [0.25, 0.3) is 0 Å². The summed E-state index contributed by atoms with van der Waals surface area (Å²) >= 11 is 0. The zero-order valence-electron chi connectivity index (χ0n) is 10.2. The van der Waals surface area contributed by atoms with Gasteiger partial charge in [0.15, 0.2) is 0 Å². The van der Waals surface area contributed by atoms with Crippen LogP contribution in [0.2, 0.25) is 0 Å². The van der Waals surface area contributed by atoms with E-state index in [0.29, 0.717) is 5.92 Å². The van der Waals surface area contributed by atoms with E-state index < -0.39 is 0 Å². The van der Waals surface area contributed by atoms with Crippen LogP contribution in [0.5, 0.6) is 0 Å². The molecule has 2 nitrogen and oxygen atoms in total. The van der Waals surface area contributed by atoms with Gasteiger partial charge in [-0.1, -0.05) is 36.8 Å². The average Bonchev–Trinajstić information content (AvgIpc) is 2.24. The van der Waals surface area contributed by atoms with E-state index >= 15 is 0 Å². The molecule has 88 valence electrons. The number of rotatable bonds is 2. The minimum absolute atomic E-state index is 0.154. The van der Waals surface area contributed by atoms with Crippen molar-refractivity contribution in [1.82, 2.24) is 4.90 Å². The molecular formula is C14H21NO. The van der Waals surface area contributed by atoms with Crippen molar-refractivity contribution >= 4 is 0 Å². The fourth-order valence-electron chi connectivity index (χ4n) is 2.33.